The van der Waals surface area contributed by atoms with Crippen molar-refractivity contribution in [2.24, 2.45) is 0 Å². The molecule has 2 aromatic rings. The maximum absolute atomic E-state index is 8.57. The van der Waals surface area contributed by atoms with Crippen molar-refractivity contribution in [1.82, 2.24) is 10.2 Å². The Balaban J connectivity index is 2.58. The van der Waals surface area contributed by atoms with Crippen LogP contribution in [0.25, 0.3) is 10.9 Å². The average molecular weight is 251 g/mol. The lowest BCUT2D eigenvalue weighted by molar-refractivity contribution is 0.350. The lowest BCUT2D eigenvalue weighted by Crippen LogP contribution is -1.77. The minimum atomic E-state index is -0.142. The highest BCUT2D eigenvalue weighted by Crippen LogP contribution is 2.19. The molecule has 1 aromatic carbocycles. The molecule has 0 aliphatic heterocycles. The second-order valence-electron chi connectivity index (χ2n) is 2.72. The molecule has 0 bridgehead atoms. The van der Waals surface area contributed by atoms with Gasteiger partial charge in [-0.2, -0.15) is 5.10 Å². The third-order valence-corrected chi connectivity index (χ3v) is 2.30. The summed E-state index contributed by atoms with van der Waals surface area (Å²) >= 11 is 3.36. The van der Waals surface area contributed by atoms with E-state index in [-0.39, 0.29) is 6.61 Å². The number of halogens is 1. The second kappa shape index (κ2) is 3.82. The highest BCUT2D eigenvalue weighted by Gasteiger charge is 2.02. The van der Waals surface area contributed by atoms with Crippen molar-refractivity contribution >= 4 is 26.8 Å². The summed E-state index contributed by atoms with van der Waals surface area (Å²) in [7, 11) is 0. The minimum absolute atomic E-state index is 0.142. The molecule has 0 radical (unpaired) electrons. The normalized spacial score (nSPS) is 9.86. The molecule has 0 saturated heterocycles. The van der Waals surface area contributed by atoms with Crippen molar-refractivity contribution in [3.05, 3.63) is 28.4 Å². The van der Waals surface area contributed by atoms with Crippen molar-refractivity contribution in [1.29, 1.82) is 0 Å². The molecule has 0 amide bonds. The quantitative estimate of drug-likeness (QED) is 0.699. The van der Waals surface area contributed by atoms with E-state index < -0.39 is 0 Å². The van der Waals surface area contributed by atoms with Crippen LogP contribution in [0.4, 0.5) is 0 Å². The van der Waals surface area contributed by atoms with E-state index in [0.29, 0.717) is 0 Å². The average Bonchev–Trinajstić information content (AvgIpc) is 2.57. The number of H-pyrrole nitrogens is 1. The van der Waals surface area contributed by atoms with Gasteiger partial charge in [0.1, 0.15) is 12.3 Å². The van der Waals surface area contributed by atoms with E-state index in [4.69, 9.17) is 5.11 Å². The number of nitrogens with one attached hydrogen (secondary N) is 1. The first-order chi connectivity index (χ1) is 6.81. The number of aliphatic hydroxyl groups excluding tert-OH is 1. The highest BCUT2D eigenvalue weighted by molar-refractivity contribution is 9.10. The molecule has 1 aromatic heterocycles. The summed E-state index contributed by atoms with van der Waals surface area (Å²) in [6.07, 6.45) is 0. The third-order valence-electron chi connectivity index (χ3n) is 1.81. The van der Waals surface area contributed by atoms with Crippen molar-refractivity contribution in [2.75, 3.05) is 6.61 Å². The predicted molar refractivity (Wildman–Crippen MR) is 57.8 cm³/mol. The first-order valence-corrected chi connectivity index (χ1v) is 4.84. The number of aromatic nitrogens is 2. The fraction of sp³-hybridized carbons (Fsp3) is 0.100. The van der Waals surface area contributed by atoms with Gasteiger partial charge in [-0.1, -0.05) is 21.9 Å². The monoisotopic (exact) mass is 250 g/mol. The van der Waals surface area contributed by atoms with Crippen molar-refractivity contribution < 1.29 is 5.11 Å². The Bertz CT molecular complexity index is 522. The van der Waals surface area contributed by atoms with E-state index in [2.05, 4.69) is 38.0 Å². The van der Waals surface area contributed by atoms with Gasteiger partial charge in [0.05, 0.1) is 5.52 Å². The van der Waals surface area contributed by atoms with Gasteiger partial charge in [-0.15, -0.1) is 0 Å². The lowest BCUT2D eigenvalue weighted by Gasteiger charge is -1.89. The highest BCUT2D eigenvalue weighted by atomic mass is 79.9. The van der Waals surface area contributed by atoms with Gasteiger partial charge in [0.2, 0.25) is 0 Å². The van der Waals surface area contributed by atoms with Crippen LogP contribution in [0.3, 0.4) is 0 Å². The first kappa shape index (κ1) is 9.25. The zero-order chi connectivity index (χ0) is 9.97. The third kappa shape index (κ3) is 1.65. The Kier molecular flexibility index (Phi) is 2.53. The van der Waals surface area contributed by atoms with Crippen molar-refractivity contribution in [2.45, 2.75) is 0 Å². The number of aromatic amines is 1. The van der Waals surface area contributed by atoms with Crippen LogP contribution in [0.1, 0.15) is 5.69 Å². The number of benzene rings is 1. The molecule has 4 heteroatoms. The van der Waals surface area contributed by atoms with Gasteiger partial charge >= 0.3 is 0 Å². The van der Waals surface area contributed by atoms with Gasteiger partial charge < -0.3 is 5.11 Å². The van der Waals surface area contributed by atoms with Crippen LogP contribution >= 0.6 is 15.9 Å². The summed E-state index contributed by atoms with van der Waals surface area (Å²) in [5, 5.41) is 16.4. The Labute approximate surface area is 89.3 Å². The van der Waals surface area contributed by atoms with Crippen LogP contribution in [0.5, 0.6) is 0 Å². The van der Waals surface area contributed by atoms with Crippen LogP contribution in [-0.4, -0.2) is 21.9 Å². The van der Waals surface area contributed by atoms with E-state index in [1.807, 2.05) is 18.2 Å². The molecule has 0 aliphatic carbocycles. The van der Waals surface area contributed by atoms with Gasteiger partial charge in [0, 0.05) is 9.86 Å². The Morgan fingerprint density at radius 1 is 1.50 bits per heavy atom. The summed E-state index contributed by atoms with van der Waals surface area (Å²) in [6.45, 7) is -0.142. The van der Waals surface area contributed by atoms with Crippen LogP contribution < -0.4 is 0 Å². The molecular formula is C10H7BrN2O. The molecule has 0 fully saturated rings. The minimum Gasteiger partial charge on any atom is -0.384 e. The molecule has 0 unspecified atom stereocenters. The second-order valence-corrected chi connectivity index (χ2v) is 3.64. The Morgan fingerprint density at radius 3 is 3.14 bits per heavy atom. The van der Waals surface area contributed by atoms with E-state index >= 15 is 0 Å². The molecule has 0 saturated carbocycles. The van der Waals surface area contributed by atoms with Crippen LogP contribution in [0, 0.1) is 11.8 Å². The fourth-order valence-corrected chi connectivity index (χ4v) is 1.56. The van der Waals surface area contributed by atoms with Crippen LogP contribution in [-0.2, 0) is 0 Å². The molecule has 14 heavy (non-hydrogen) atoms. The van der Waals surface area contributed by atoms with Gasteiger partial charge in [-0.3, -0.25) is 5.10 Å². The fourth-order valence-electron chi connectivity index (χ4n) is 1.21. The molecule has 2 rings (SSSR count). The molecular weight excluding hydrogens is 244 g/mol. The number of rotatable bonds is 0. The van der Waals surface area contributed by atoms with Crippen molar-refractivity contribution in [3.63, 3.8) is 0 Å². The Hall–Kier alpha value is -1.31. The lowest BCUT2D eigenvalue weighted by atomic mass is 10.2. The molecule has 0 aliphatic rings. The predicted octanol–water partition coefficient (Wildman–Crippen LogP) is 1.67. The van der Waals surface area contributed by atoms with Gasteiger partial charge in [-0.25, -0.2) is 0 Å². The van der Waals surface area contributed by atoms with Gasteiger partial charge in [0.25, 0.3) is 0 Å². The zero-order valence-corrected chi connectivity index (χ0v) is 8.80. The van der Waals surface area contributed by atoms with E-state index in [0.717, 1.165) is 21.1 Å². The molecule has 70 valence electrons. The molecule has 2 N–H and O–H groups in total. The maximum atomic E-state index is 8.57. The van der Waals surface area contributed by atoms with E-state index in [1.165, 1.54) is 0 Å². The van der Waals surface area contributed by atoms with E-state index in [1.54, 1.807) is 0 Å². The summed E-state index contributed by atoms with van der Waals surface area (Å²) in [5.41, 5.74) is 1.60. The largest absolute Gasteiger partial charge is 0.384 e. The number of nitrogens with zero attached hydrogens (tertiary/aromatic N) is 1. The number of hydrogen-bond donors (Lipinski definition) is 2. The Morgan fingerprint density at radius 2 is 2.36 bits per heavy atom. The smallest absolute Gasteiger partial charge is 0.115 e. The SMILES string of the molecule is OCC#Cc1[nH]nc2cc(Br)ccc12. The maximum Gasteiger partial charge on any atom is 0.115 e. The molecule has 0 spiro atoms. The van der Waals surface area contributed by atoms with Gasteiger partial charge in [-0.05, 0) is 24.1 Å². The van der Waals surface area contributed by atoms with Gasteiger partial charge in [0.15, 0.2) is 0 Å². The van der Waals surface area contributed by atoms with Crippen molar-refractivity contribution in [3.8, 4) is 11.8 Å². The van der Waals surface area contributed by atoms with E-state index in [9.17, 15) is 0 Å². The molecule has 3 nitrogen and oxygen atoms in total. The van der Waals surface area contributed by atoms with Crippen LogP contribution in [0.2, 0.25) is 0 Å². The number of hydrogen-bond acceptors (Lipinski definition) is 2. The summed E-state index contributed by atoms with van der Waals surface area (Å²) < 4.78 is 0.984. The van der Waals surface area contributed by atoms with Crippen LogP contribution in [0.15, 0.2) is 22.7 Å². The molecule has 1 heterocycles. The molecule has 0 atom stereocenters. The first-order valence-electron chi connectivity index (χ1n) is 4.04. The summed E-state index contributed by atoms with van der Waals surface area (Å²) in [6, 6.07) is 5.78. The zero-order valence-electron chi connectivity index (χ0n) is 7.21. The standard InChI is InChI=1S/C10H7BrN2O/c11-7-3-4-8-9(2-1-5-14)12-13-10(8)6-7/h3-4,6,14H,5H2,(H,12,13). The topological polar surface area (TPSA) is 48.9 Å². The number of aliphatic hydroxyl groups is 1. The summed E-state index contributed by atoms with van der Waals surface area (Å²) in [4.78, 5) is 0. The number of fused-ring (bicyclic) bond motifs is 1. The summed E-state index contributed by atoms with van der Waals surface area (Å²) in [5.74, 6) is 5.38.